The molecule has 0 atom stereocenters. The Bertz CT molecular complexity index is 871. The molecule has 0 aliphatic carbocycles. The monoisotopic (exact) mass is 305 g/mol. The highest BCUT2D eigenvalue weighted by molar-refractivity contribution is 6.31. The number of benzene rings is 2. The summed E-state index contributed by atoms with van der Waals surface area (Å²) in [5, 5.41) is 11.9. The summed E-state index contributed by atoms with van der Waals surface area (Å²) in [7, 11) is 0. The maximum Gasteiger partial charge on any atom is 0.260 e. The number of H-pyrrole nitrogens is 1. The molecule has 3 nitrogen and oxygen atoms in total. The normalized spacial score (nSPS) is 10.9. The van der Waals surface area contributed by atoms with Crippen LogP contribution in [0.5, 0.6) is 5.75 Å². The summed E-state index contributed by atoms with van der Waals surface area (Å²) in [5.41, 5.74) is 0.862. The van der Waals surface area contributed by atoms with Crippen LogP contribution >= 0.6 is 23.2 Å². The van der Waals surface area contributed by atoms with Crippen molar-refractivity contribution in [1.82, 2.24) is 4.98 Å². The lowest BCUT2D eigenvalue weighted by Crippen LogP contribution is -2.09. The average molecular weight is 306 g/mol. The number of hydrogen-bond acceptors (Lipinski definition) is 2. The molecule has 20 heavy (non-hydrogen) atoms. The van der Waals surface area contributed by atoms with E-state index in [1.54, 1.807) is 42.5 Å². The number of hydrogen-bond donors (Lipinski definition) is 2. The number of rotatable bonds is 1. The number of aromatic amines is 1. The van der Waals surface area contributed by atoms with Crippen LogP contribution in [0, 0.1) is 0 Å². The molecule has 3 aromatic rings. The maximum atomic E-state index is 12.2. The van der Waals surface area contributed by atoms with Gasteiger partial charge in [-0.3, -0.25) is 4.79 Å². The lowest BCUT2D eigenvalue weighted by Gasteiger charge is -2.08. The average Bonchev–Trinajstić information content (AvgIpc) is 2.38. The minimum Gasteiger partial charge on any atom is -0.506 e. The molecule has 0 bridgehead atoms. The van der Waals surface area contributed by atoms with Crippen LogP contribution in [0.25, 0.3) is 22.0 Å². The van der Waals surface area contributed by atoms with Crippen LogP contribution in [-0.4, -0.2) is 10.1 Å². The Morgan fingerprint density at radius 1 is 1.00 bits per heavy atom. The zero-order valence-corrected chi connectivity index (χ0v) is 11.7. The predicted molar refractivity (Wildman–Crippen MR) is 81.7 cm³/mol. The van der Waals surface area contributed by atoms with E-state index in [1.807, 2.05) is 0 Å². The van der Waals surface area contributed by atoms with Crippen LogP contribution in [0.4, 0.5) is 0 Å². The molecule has 0 unspecified atom stereocenters. The van der Waals surface area contributed by atoms with Crippen molar-refractivity contribution in [3.63, 3.8) is 0 Å². The molecule has 0 amide bonds. The van der Waals surface area contributed by atoms with E-state index in [0.29, 0.717) is 26.5 Å². The van der Waals surface area contributed by atoms with Crippen LogP contribution in [0.15, 0.2) is 47.3 Å². The first-order valence-electron chi connectivity index (χ1n) is 5.87. The first-order valence-corrected chi connectivity index (χ1v) is 6.62. The fourth-order valence-corrected chi connectivity index (χ4v) is 2.53. The van der Waals surface area contributed by atoms with Crippen molar-refractivity contribution in [2.24, 2.45) is 0 Å². The van der Waals surface area contributed by atoms with Gasteiger partial charge in [-0.15, -0.1) is 0 Å². The number of fused-ring (bicyclic) bond motifs is 1. The standard InChI is InChI=1S/C15H9Cl2NO2/c16-9-3-1-2-8(6-9)13-14(19)11-5-4-10(17)7-12(11)18-15(13)20/h1-7H,(H2,18,19,20). The molecule has 0 aliphatic heterocycles. The topological polar surface area (TPSA) is 53.1 Å². The van der Waals surface area contributed by atoms with Gasteiger partial charge in [0.05, 0.1) is 11.1 Å². The smallest absolute Gasteiger partial charge is 0.260 e. The van der Waals surface area contributed by atoms with Gasteiger partial charge < -0.3 is 10.1 Å². The Kier molecular flexibility index (Phi) is 3.16. The van der Waals surface area contributed by atoms with E-state index in [9.17, 15) is 9.90 Å². The highest BCUT2D eigenvalue weighted by Gasteiger charge is 2.14. The van der Waals surface area contributed by atoms with Gasteiger partial charge in [-0.2, -0.15) is 0 Å². The summed E-state index contributed by atoms with van der Waals surface area (Å²) in [4.78, 5) is 14.9. The first-order chi connectivity index (χ1) is 9.56. The van der Waals surface area contributed by atoms with Crippen LogP contribution in [0.2, 0.25) is 10.0 Å². The third kappa shape index (κ3) is 2.15. The lowest BCUT2D eigenvalue weighted by molar-refractivity contribution is 0.482. The summed E-state index contributed by atoms with van der Waals surface area (Å²) in [6, 6.07) is 11.7. The maximum absolute atomic E-state index is 12.2. The molecule has 0 fully saturated rings. The van der Waals surface area contributed by atoms with Gasteiger partial charge in [0, 0.05) is 15.4 Å². The van der Waals surface area contributed by atoms with E-state index in [2.05, 4.69) is 4.98 Å². The van der Waals surface area contributed by atoms with E-state index >= 15 is 0 Å². The molecular formula is C15H9Cl2NO2. The van der Waals surface area contributed by atoms with Crippen LogP contribution in [-0.2, 0) is 0 Å². The van der Waals surface area contributed by atoms with E-state index in [-0.39, 0.29) is 16.9 Å². The van der Waals surface area contributed by atoms with Gasteiger partial charge in [-0.25, -0.2) is 0 Å². The lowest BCUT2D eigenvalue weighted by atomic mass is 10.0. The number of halogens is 2. The third-order valence-electron chi connectivity index (χ3n) is 3.06. The second-order valence-electron chi connectivity index (χ2n) is 4.38. The Balaban J connectivity index is 2.37. The van der Waals surface area contributed by atoms with Crippen molar-refractivity contribution in [1.29, 1.82) is 0 Å². The van der Waals surface area contributed by atoms with Crippen molar-refractivity contribution in [3.05, 3.63) is 62.9 Å². The molecule has 0 radical (unpaired) electrons. The predicted octanol–water partition coefficient (Wildman–Crippen LogP) is 4.21. The molecule has 1 aromatic heterocycles. The molecule has 0 saturated carbocycles. The molecule has 2 N–H and O–H groups in total. The minimum atomic E-state index is -0.389. The number of aromatic hydroxyl groups is 1. The molecule has 0 aliphatic rings. The Morgan fingerprint density at radius 3 is 2.50 bits per heavy atom. The SMILES string of the molecule is O=c1[nH]c2cc(Cl)ccc2c(O)c1-c1cccc(Cl)c1. The van der Waals surface area contributed by atoms with Crippen LogP contribution in [0.1, 0.15) is 0 Å². The van der Waals surface area contributed by atoms with E-state index in [0.717, 1.165) is 0 Å². The molecule has 0 spiro atoms. The van der Waals surface area contributed by atoms with Gasteiger partial charge in [-0.05, 0) is 35.9 Å². The van der Waals surface area contributed by atoms with Gasteiger partial charge in [0.25, 0.3) is 5.56 Å². The Morgan fingerprint density at radius 2 is 1.75 bits per heavy atom. The van der Waals surface area contributed by atoms with Crippen molar-refractivity contribution in [3.8, 4) is 16.9 Å². The molecule has 3 rings (SSSR count). The van der Waals surface area contributed by atoms with Gasteiger partial charge in [0.2, 0.25) is 0 Å². The summed E-state index contributed by atoms with van der Waals surface area (Å²) in [6.45, 7) is 0. The largest absolute Gasteiger partial charge is 0.506 e. The summed E-state index contributed by atoms with van der Waals surface area (Å²) in [5.74, 6) is -0.0808. The molecule has 2 aromatic carbocycles. The minimum absolute atomic E-state index is 0.0808. The number of aromatic nitrogens is 1. The summed E-state index contributed by atoms with van der Waals surface area (Å²) >= 11 is 11.8. The second kappa shape index (κ2) is 4.85. The van der Waals surface area contributed by atoms with E-state index in [4.69, 9.17) is 23.2 Å². The Hall–Kier alpha value is -1.97. The van der Waals surface area contributed by atoms with Crippen LogP contribution < -0.4 is 5.56 Å². The van der Waals surface area contributed by atoms with E-state index in [1.165, 1.54) is 0 Å². The van der Waals surface area contributed by atoms with Crippen molar-refractivity contribution < 1.29 is 5.11 Å². The van der Waals surface area contributed by atoms with Crippen LogP contribution in [0.3, 0.4) is 0 Å². The van der Waals surface area contributed by atoms with Crippen molar-refractivity contribution in [2.45, 2.75) is 0 Å². The van der Waals surface area contributed by atoms with Crippen molar-refractivity contribution in [2.75, 3.05) is 0 Å². The number of pyridine rings is 1. The quantitative estimate of drug-likeness (QED) is 0.707. The molecule has 100 valence electrons. The first kappa shape index (κ1) is 13.0. The zero-order valence-electron chi connectivity index (χ0n) is 10.2. The molecule has 5 heteroatoms. The summed E-state index contributed by atoms with van der Waals surface area (Å²) in [6.07, 6.45) is 0. The highest BCUT2D eigenvalue weighted by atomic mass is 35.5. The van der Waals surface area contributed by atoms with Gasteiger partial charge in [-0.1, -0.05) is 35.3 Å². The number of nitrogens with one attached hydrogen (secondary N) is 1. The van der Waals surface area contributed by atoms with Crippen molar-refractivity contribution >= 4 is 34.1 Å². The third-order valence-corrected chi connectivity index (χ3v) is 3.53. The fraction of sp³-hybridized carbons (Fsp3) is 0. The summed E-state index contributed by atoms with van der Waals surface area (Å²) < 4.78 is 0. The zero-order chi connectivity index (χ0) is 14.3. The second-order valence-corrected chi connectivity index (χ2v) is 5.25. The van der Waals surface area contributed by atoms with Gasteiger partial charge >= 0.3 is 0 Å². The van der Waals surface area contributed by atoms with Gasteiger partial charge in [0.1, 0.15) is 5.75 Å². The Labute approximate surface area is 124 Å². The van der Waals surface area contributed by atoms with Gasteiger partial charge in [0.15, 0.2) is 0 Å². The fourth-order valence-electron chi connectivity index (χ4n) is 2.17. The molecular weight excluding hydrogens is 297 g/mol. The molecule has 1 heterocycles. The van der Waals surface area contributed by atoms with E-state index < -0.39 is 0 Å². The molecule has 0 saturated heterocycles. The highest BCUT2D eigenvalue weighted by Crippen LogP contribution is 2.33.